The summed E-state index contributed by atoms with van der Waals surface area (Å²) in [6.07, 6.45) is 1.29. The van der Waals surface area contributed by atoms with Crippen LogP contribution in [0.2, 0.25) is 0 Å². The third-order valence-corrected chi connectivity index (χ3v) is 7.60. The van der Waals surface area contributed by atoms with E-state index in [9.17, 15) is 19.5 Å². The number of pyridine rings is 1. The van der Waals surface area contributed by atoms with Crippen molar-refractivity contribution in [3.63, 3.8) is 0 Å². The number of nitrogens with one attached hydrogen (secondary N) is 2. The minimum Gasteiger partial charge on any atom is -0.491 e. The van der Waals surface area contributed by atoms with Gasteiger partial charge in [-0.25, -0.2) is 9.78 Å². The predicted octanol–water partition coefficient (Wildman–Crippen LogP) is 4.00. The van der Waals surface area contributed by atoms with E-state index in [-0.39, 0.29) is 30.4 Å². The van der Waals surface area contributed by atoms with Gasteiger partial charge < -0.3 is 29.7 Å². The Hall–Kier alpha value is -4.15. The number of aliphatic carboxylic acids is 1. The smallest absolute Gasteiger partial charge is 0.344 e. The molecular formula is C31H41N5O6. The van der Waals surface area contributed by atoms with Crippen molar-refractivity contribution < 1.29 is 29.0 Å². The fourth-order valence-electron chi connectivity index (χ4n) is 5.34. The van der Waals surface area contributed by atoms with Gasteiger partial charge in [0.15, 0.2) is 23.3 Å². The molecule has 11 nitrogen and oxygen atoms in total. The van der Waals surface area contributed by atoms with E-state index in [1.807, 2.05) is 27.7 Å². The number of amidine groups is 1. The van der Waals surface area contributed by atoms with Crippen LogP contribution < -0.4 is 19.7 Å². The van der Waals surface area contributed by atoms with Crippen molar-refractivity contribution in [1.29, 1.82) is 5.41 Å². The van der Waals surface area contributed by atoms with Crippen LogP contribution >= 0.6 is 0 Å². The summed E-state index contributed by atoms with van der Waals surface area (Å²) in [5, 5.41) is 21.1. The number of carbonyl (C=O) groups is 3. The summed E-state index contributed by atoms with van der Waals surface area (Å²) in [5.41, 5.74) is 2.66. The van der Waals surface area contributed by atoms with Crippen molar-refractivity contribution in [2.24, 2.45) is 0 Å². The number of amides is 1. The van der Waals surface area contributed by atoms with Crippen molar-refractivity contribution in [2.75, 3.05) is 38.2 Å². The Labute approximate surface area is 246 Å². The highest BCUT2D eigenvalue weighted by atomic mass is 16.5. The van der Waals surface area contributed by atoms with Crippen LogP contribution in [0, 0.1) is 5.41 Å². The molecule has 1 saturated heterocycles. The number of nitrogens with zero attached hydrogens (tertiary/aromatic N) is 3. The summed E-state index contributed by atoms with van der Waals surface area (Å²) in [6, 6.07) is 5.32. The molecule has 0 saturated carbocycles. The quantitative estimate of drug-likeness (QED) is 0.336. The number of hydrogen-bond donors (Lipinski definition) is 3. The lowest BCUT2D eigenvalue weighted by molar-refractivity contribution is -0.145. The van der Waals surface area contributed by atoms with Gasteiger partial charge in [-0.2, -0.15) is 0 Å². The Morgan fingerprint density at radius 1 is 1.14 bits per heavy atom. The highest BCUT2D eigenvalue weighted by molar-refractivity contribution is 6.06. The highest BCUT2D eigenvalue weighted by Crippen LogP contribution is 2.42. The number of carboxylic acids is 1. The van der Waals surface area contributed by atoms with Gasteiger partial charge in [0.1, 0.15) is 17.3 Å². The van der Waals surface area contributed by atoms with Crippen LogP contribution in [0.25, 0.3) is 0 Å². The van der Waals surface area contributed by atoms with Crippen LogP contribution in [0.3, 0.4) is 0 Å². The third kappa shape index (κ3) is 6.19. The maximum absolute atomic E-state index is 13.8. The second kappa shape index (κ2) is 12.4. The van der Waals surface area contributed by atoms with Crippen LogP contribution in [-0.4, -0.2) is 77.9 Å². The number of anilines is 1. The number of carboxylic acid groups (broad SMARTS) is 1. The molecule has 1 amide bonds. The monoisotopic (exact) mass is 579 g/mol. The molecule has 1 aromatic carbocycles. The molecule has 11 heteroatoms. The zero-order valence-electron chi connectivity index (χ0n) is 25.3. The molecular weight excluding hydrogens is 538 g/mol. The first-order valence-corrected chi connectivity index (χ1v) is 14.5. The molecule has 1 atom stereocenters. The van der Waals surface area contributed by atoms with Crippen LogP contribution in [0.1, 0.15) is 91.5 Å². The Morgan fingerprint density at radius 3 is 2.40 bits per heavy atom. The molecule has 2 aliphatic rings. The number of fused-ring (bicyclic) bond motifs is 1. The number of hydrogen-bond acceptors (Lipinski definition) is 8. The standard InChI is InChI=1S/C31H41N5O6/c1-7-23(30(39)40)42-27-20(31(3,4)5)13-18(14-21(27)35-11-9-10-12-35)22(37)17-36-16-19-15-24(41-8-2)26(29(38)33-6)34-25(19)28(36)32/h13-15,23,32H,7-12,16-17H2,1-6H3,(H,33,38)(H,39,40). The average Bonchev–Trinajstić information content (AvgIpc) is 3.58. The topological polar surface area (TPSA) is 145 Å². The largest absolute Gasteiger partial charge is 0.491 e. The SMILES string of the molecule is CCOc1cc2c(nc1C(=O)NC)C(=N)N(CC(=O)c1cc(N3CCCC3)c(OC(CC)C(=O)O)c(C(C)(C)C)c1)C2. The average molecular weight is 580 g/mol. The first-order valence-electron chi connectivity index (χ1n) is 14.5. The molecule has 2 aromatic rings. The van der Waals surface area contributed by atoms with E-state index in [1.54, 1.807) is 30.0 Å². The van der Waals surface area contributed by atoms with Crippen LogP contribution in [-0.2, 0) is 16.8 Å². The van der Waals surface area contributed by atoms with Gasteiger partial charge in [0.25, 0.3) is 5.91 Å². The second-order valence-corrected chi connectivity index (χ2v) is 11.7. The van der Waals surface area contributed by atoms with Gasteiger partial charge in [-0.1, -0.05) is 27.7 Å². The second-order valence-electron chi connectivity index (χ2n) is 11.7. The molecule has 0 bridgehead atoms. The Kier molecular flexibility index (Phi) is 9.08. The van der Waals surface area contributed by atoms with Crippen molar-refractivity contribution in [3.8, 4) is 11.5 Å². The van der Waals surface area contributed by atoms with Gasteiger partial charge in [-0.15, -0.1) is 0 Å². The number of aromatic nitrogens is 1. The number of carbonyl (C=O) groups excluding carboxylic acids is 2. The van der Waals surface area contributed by atoms with E-state index >= 15 is 0 Å². The van der Waals surface area contributed by atoms with E-state index < -0.39 is 23.4 Å². The van der Waals surface area contributed by atoms with E-state index in [0.717, 1.165) is 37.2 Å². The molecule has 1 fully saturated rings. The summed E-state index contributed by atoms with van der Waals surface area (Å²) < 4.78 is 11.8. The van der Waals surface area contributed by atoms with Crippen LogP contribution in [0.4, 0.5) is 5.69 Å². The van der Waals surface area contributed by atoms with E-state index in [1.165, 1.54) is 7.05 Å². The molecule has 42 heavy (non-hydrogen) atoms. The molecule has 0 spiro atoms. The van der Waals surface area contributed by atoms with E-state index in [4.69, 9.17) is 14.9 Å². The molecule has 226 valence electrons. The van der Waals surface area contributed by atoms with Crippen molar-refractivity contribution in [3.05, 3.63) is 46.3 Å². The van der Waals surface area contributed by atoms with Crippen molar-refractivity contribution >= 4 is 29.2 Å². The molecule has 0 aliphatic carbocycles. The Morgan fingerprint density at radius 2 is 1.83 bits per heavy atom. The molecule has 1 aromatic heterocycles. The fourth-order valence-corrected chi connectivity index (χ4v) is 5.34. The number of ketones is 1. The lowest BCUT2D eigenvalue weighted by Gasteiger charge is -2.31. The van der Waals surface area contributed by atoms with Crippen molar-refractivity contribution in [2.45, 2.75) is 71.9 Å². The lowest BCUT2D eigenvalue weighted by atomic mass is 9.84. The minimum atomic E-state index is -1.03. The fraction of sp³-hybridized carbons (Fsp3) is 0.516. The summed E-state index contributed by atoms with van der Waals surface area (Å²) in [6.45, 7) is 11.8. The van der Waals surface area contributed by atoms with Gasteiger partial charge in [-0.3, -0.25) is 15.0 Å². The molecule has 1 unspecified atom stereocenters. The Bertz CT molecular complexity index is 1390. The minimum absolute atomic E-state index is 0.0644. The normalized spacial score (nSPS) is 15.4. The van der Waals surface area contributed by atoms with Crippen LogP contribution in [0.15, 0.2) is 18.2 Å². The van der Waals surface area contributed by atoms with Gasteiger partial charge in [0.2, 0.25) is 0 Å². The van der Waals surface area contributed by atoms with E-state index in [2.05, 4.69) is 15.2 Å². The van der Waals surface area contributed by atoms with Gasteiger partial charge in [-0.05, 0) is 49.8 Å². The molecule has 3 heterocycles. The zero-order valence-corrected chi connectivity index (χ0v) is 25.3. The molecule has 3 N–H and O–H groups in total. The van der Waals surface area contributed by atoms with Gasteiger partial charge >= 0.3 is 5.97 Å². The summed E-state index contributed by atoms with van der Waals surface area (Å²) in [7, 11) is 1.51. The molecule has 2 aliphatic heterocycles. The van der Waals surface area contributed by atoms with E-state index in [0.29, 0.717) is 41.3 Å². The maximum Gasteiger partial charge on any atom is 0.344 e. The number of Topliss-reactive ketones (excluding diaryl/α,β-unsaturated/α-hetero) is 1. The maximum atomic E-state index is 13.8. The first-order chi connectivity index (χ1) is 19.9. The third-order valence-electron chi connectivity index (χ3n) is 7.60. The summed E-state index contributed by atoms with van der Waals surface area (Å²) >= 11 is 0. The van der Waals surface area contributed by atoms with Crippen LogP contribution in [0.5, 0.6) is 11.5 Å². The van der Waals surface area contributed by atoms with Crippen molar-refractivity contribution in [1.82, 2.24) is 15.2 Å². The first kappa shape index (κ1) is 30.8. The van der Waals surface area contributed by atoms with Gasteiger partial charge in [0.05, 0.1) is 18.8 Å². The highest BCUT2D eigenvalue weighted by Gasteiger charge is 2.33. The van der Waals surface area contributed by atoms with Gasteiger partial charge in [0, 0.05) is 43.4 Å². The lowest BCUT2D eigenvalue weighted by Crippen LogP contribution is -2.32. The molecule has 4 rings (SSSR count). The summed E-state index contributed by atoms with van der Waals surface area (Å²) in [4.78, 5) is 46.4. The number of ether oxygens (including phenoxy) is 2. The zero-order chi connectivity index (χ0) is 30.8. The summed E-state index contributed by atoms with van der Waals surface area (Å²) in [5.74, 6) is -0.725. The Balaban J connectivity index is 1.70. The number of benzene rings is 1. The molecule has 0 radical (unpaired) electrons. The predicted molar refractivity (Wildman–Crippen MR) is 159 cm³/mol. The number of rotatable bonds is 11.